The van der Waals surface area contributed by atoms with Crippen LogP contribution in [0, 0.1) is 0 Å². The SMILES string of the molecule is CCCCCCCCCCCCCCCCCCCCOc1ccc(S(=O)(=O)c2cnc3ccc([S+](C)[O-])cc3c2N2CCC(N3CCC(N4CCN(CCCC)CC4)CC3)CC2)cc1. The van der Waals surface area contributed by atoms with Gasteiger partial charge in [0, 0.05) is 69.0 Å². The predicted molar refractivity (Wildman–Crippen MR) is 273 cm³/mol. The van der Waals surface area contributed by atoms with E-state index in [0.29, 0.717) is 40.5 Å². The minimum Gasteiger partial charge on any atom is -0.612 e. The van der Waals surface area contributed by atoms with Gasteiger partial charge in [0.1, 0.15) is 16.9 Å². The molecule has 1 aromatic heterocycles. The number of hydrogen-bond donors (Lipinski definition) is 0. The molecule has 2 aromatic carbocycles. The van der Waals surface area contributed by atoms with E-state index in [0.717, 1.165) is 57.2 Å². The zero-order valence-electron chi connectivity index (χ0n) is 41.0. The summed E-state index contributed by atoms with van der Waals surface area (Å²) in [6, 6.07) is 13.7. The Morgan fingerprint density at radius 2 is 1.14 bits per heavy atom. The number of anilines is 1. The lowest BCUT2D eigenvalue weighted by molar-refractivity contribution is 0.0434. The molecule has 0 aliphatic carbocycles. The van der Waals surface area contributed by atoms with Crippen LogP contribution in [-0.2, 0) is 21.0 Å². The van der Waals surface area contributed by atoms with Crippen LogP contribution in [0.2, 0.25) is 0 Å². The number of piperidine rings is 2. The van der Waals surface area contributed by atoms with Crippen LogP contribution in [0.15, 0.2) is 63.3 Å². The normalized spacial score (nSPS) is 18.2. The van der Waals surface area contributed by atoms with Gasteiger partial charge in [-0.25, -0.2) is 8.42 Å². The summed E-state index contributed by atoms with van der Waals surface area (Å²) in [5.74, 6) is 0.693. The fourth-order valence-electron chi connectivity index (χ4n) is 10.7. The number of piperazine rings is 1. The third-order valence-electron chi connectivity index (χ3n) is 14.8. The van der Waals surface area contributed by atoms with E-state index in [9.17, 15) is 13.0 Å². The molecule has 3 aliphatic heterocycles. The summed E-state index contributed by atoms with van der Waals surface area (Å²) in [5.41, 5.74) is 1.40. The van der Waals surface area contributed by atoms with E-state index in [1.54, 1.807) is 36.7 Å². The van der Waals surface area contributed by atoms with Crippen LogP contribution in [0.25, 0.3) is 10.9 Å². The van der Waals surface area contributed by atoms with Crippen LogP contribution < -0.4 is 9.64 Å². The smallest absolute Gasteiger partial charge is 0.210 e. The Balaban J connectivity index is 0.944. The molecule has 3 saturated heterocycles. The molecule has 3 fully saturated rings. The van der Waals surface area contributed by atoms with Crippen molar-refractivity contribution in [2.24, 2.45) is 0 Å². The Hall–Kier alpha value is -2.41. The monoisotopic (exact) mass is 934 g/mol. The average Bonchev–Trinajstić information content (AvgIpc) is 3.34. The molecular formula is C54H87N5O4S2. The standard InChI is InChI=1S/C54H87N5O4S2/c1-4-6-8-9-10-11-12-13-14-15-16-17-18-19-20-21-22-23-43-63-48-24-27-50(28-25-48)65(61,62)53-45-55-52-29-26-49(64(3)60)44-51(52)54(53)59-37-32-46(33-38-59)57-35-30-47(31-36-57)58-41-39-56(40-42-58)34-7-5-2/h24-29,44-47H,4-23,30-43H2,1-3H3. The largest absolute Gasteiger partial charge is 0.612 e. The van der Waals surface area contributed by atoms with Crippen molar-refractivity contribution in [3.8, 4) is 5.75 Å². The van der Waals surface area contributed by atoms with Crippen molar-refractivity contribution in [2.75, 3.05) is 76.7 Å². The quantitative estimate of drug-likeness (QED) is 0.0498. The highest BCUT2D eigenvalue weighted by molar-refractivity contribution is 7.91. The Kier molecular flexibility index (Phi) is 22.5. The van der Waals surface area contributed by atoms with Crippen LogP contribution in [0.1, 0.15) is 168 Å². The number of rotatable bonds is 29. The van der Waals surface area contributed by atoms with Crippen molar-refractivity contribution in [1.29, 1.82) is 0 Å². The molecule has 11 heteroatoms. The molecule has 0 amide bonds. The van der Waals surface area contributed by atoms with Crippen LogP contribution in [0.3, 0.4) is 0 Å². The Labute approximate surface area is 398 Å². The minimum absolute atomic E-state index is 0.213. The average molecular weight is 934 g/mol. The molecule has 1 unspecified atom stereocenters. The zero-order valence-corrected chi connectivity index (χ0v) is 42.6. The van der Waals surface area contributed by atoms with Crippen LogP contribution >= 0.6 is 0 Å². The summed E-state index contributed by atoms with van der Waals surface area (Å²) in [7, 11) is -3.93. The summed E-state index contributed by atoms with van der Waals surface area (Å²) < 4.78 is 47.9. The molecule has 3 aromatic rings. The van der Waals surface area contributed by atoms with E-state index < -0.39 is 21.0 Å². The lowest BCUT2D eigenvalue weighted by atomic mass is 9.96. The molecule has 0 spiro atoms. The van der Waals surface area contributed by atoms with Gasteiger partial charge in [0.15, 0.2) is 4.90 Å². The molecule has 0 bridgehead atoms. The van der Waals surface area contributed by atoms with Crippen molar-refractivity contribution in [3.05, 3.63) is 48.7 Å². The van der Waals surface area contributed by atoms with Crippen molar-refractivity contribution >= 4 is 37.6 Å². The number of ether oxygens (including phenoxy) is 1. The second kappa shape index (κ2) is 28.2. The maximum atomic E-state index is 14.6. The van der Waals surface area contributed by atoms with Crippen molar-refractivity contribution < 1.29 is 17.7 Å². The fourth-order valence-corrected chi connectivity index (χ4v) is 12.7. The first-order chi connectivity index (χ1) is 31.8. The number of fused-ring (bicyclic) bond motifs is 1. The first-order valence-corrected chi connectivity index (χ1v) is 29.5. The summed E-state index contributed by atoms with van der Waals surface area (Å²) in [6.45, 7) is 15.0. The van der Waals surface area contributed by atoms with Crippen molar-refractivity contribution in [2.45, 2.75) is 195 Å². The van der Waals surface area contributed by atoms with Gasteiger partial charge in [0.25, 0.3) is 0 Å². The molecule has 3 aliphatic rings. The molecule has 4 heterocycles. The second-order valence-electron chi connectivity index (χ2n) is 19.7. The molecule has 0 radical (unpaired) electrons. The van der Waals surface area contributed by atoms with Crippen molar-refractivity contribution in [3.63, 3.8) is 0 Å². The van der Waals surface area contributed by atoms with Gasteiger partial charge in [0.2, 0.25) is 9.84 Å². The Morgan fingerprint density at radius 3 is 1.68 bits per heavy atom. The number of aromatic nitrogens is 1. The van der Waals surface area contributed by atoms with Crippen LogP contribution in [0.5, 0.6) is 5.75 Å². The van der Waals surface area contributed by atoms with Gasteiger partial charge in [-0.2, -0.15) is 0 Å². The van der Waals surface area contributed by atoms with Gasteiger partial charge < -0.3 is 24.0 Å². The highest BCUT2D eigenvalue weighted by atomic mass is 32.2. The minimum atomic E-state index is -3.93. The van der Waals surface area contributed by atoms with E-state index in [-0.39, 0.29) is 9.79 Å². The number of benzene rings is 2. The number of hydrogen-bond acceptors (Lipinski definition) is 9. The number of unbranched alkanes of at least 4 members (excludes halogenated alkanes) is 18. The maximum Gasteiger partial charge on any atom is 0.210 e. The van der Waals surface area contributed by atoms with Gasteiger partial charge in [-0.05, 0) is 106 Å². The highest BCUT2D eigenvalue weighted by Gasteiger charge is 2.34. The maximum absolute atomic E-state index is 14.6. The molecule has 0 N–H and O–H groups in total. The molecule has 364 valence electrons. The van der Waals surface area contributed by atoms with Gasteiger partial charge in [-0.1, -0.05) is 129 Å². The Morgan fingerprint density at radius 1 is 0.631 bits per heavy atom. The number of pyridine rings is 1. The zero-order chi connectivity index (χ0) is 45.7. The summed E-state index contributed by atoms with van der Waals surface area (Å²) >= 11 is -1.22. The predicted octanol–water partition coefficient (Wildman–Crippen LogP) is 12.1. The molecule has 65 heavy (non-hydrogen) atoms. The first kappa shape index (κ1) is 52.0. The van der Waals surface area contributed by atoms with Crippen LogP contribution in [-0.4, -0.2) is 117 Å². The van der Waals surface area contributed by atoms with Gasteiger partial charge in [-0.3, -0.25) is 9.88 Å². The van der Waals surface area contributed by atoms with Crippen LogP contribution in [0.4, 0.5) is 5.69 Å². The number of likely N-dealkylation sites (tertiary alicyclic amines) is 1. The first-order valence-electron chi connectivity index (χ1n) is 26.5. The summed E-state index contributed by atoms with van der Waals surface area (Å²) in [4.78, 5) is 16.1. The van der Waals surface area contributed by atoms with Gasteiger partial charge in [-0.15, -0.1) is 0 Å². The molecular weight excluding hydrogens is 847 g/mol. The van der Waals surface area contributed by atoms with Gasteiger partial charge >= 0.3 is 0 Å². The third-order valence-corrected chi connectivity index (χ3v) is 17.5. The topological polar surface area (TPSA) is 92.3 Å². The van der Waals surface area contributed by atoms with Crippen molar-refractivity contribution in [1.82, 2.24) is 19.7 Å². The number of sulfone groups is 1. The summed E-state index contributed by atoms with van der Waals surface area (Å²) in [5, 5.41) is 0.747. The molecule has 6 rings (SSSR count). The van der Waals surface area contributed by atoms with E-state index in [1.165, 1.54) is 161 Å². The van der Waals surface area contributed by atoms with E-state index in [4.69, 9.17) is 4.74 Å². The van der Waals surface area contributed by atoms with Gasteiger partial charge in [0.05, 0.1) is 22.7 Å². The molecule has 9 nitrogen and oxygen atoms in total. The summed E-state index contributed by atoms with van der Waals surface area (Å²) in [6.07, 6.45) is 34.5. The third kappa shape index (κ3) is 16.1. The number of nitrogens with zero attached hydrogens (tertiary/aromatic N) is 5. The van der Waals surface area contributed by atoms with E-state index >= 15 is 0 Å². The lowest BCUT2D eigenvalue weighted by Gasteiger charge is -2.46. The fraction of sp³-hybridized carbons (Fsp3) is 0.722. The second-order valence-corrected chi connectivity index (χ2v) is 23.0. The highest BCUT2D eigenvalue weighted by Crippen LogP contribution is 2.39. The van der Waals surface area contributed by atoms with E-state index in [1.807, 2.05) is 18.2 Å². The molecule has 1 atom stereocenters. The lowest BCUT2D eigenvalue weighted by Crippen LogP contribution is -2.55. The molecule has 0 saturated carbocycles. The Bertz CT molecular complexity index is 1890. The van der Waals surface area contributed by atoms with E-state index in [2.05, 4.69) is 38.4 Å².